The molecule has 3 N–H and O–H groups in total. The van der Waals surface area contributed by atoms with Crippen molar-refractivity contribution in [1.29, 1.82) is 0 Å². The van der Waals surface area contributed by atoms with Crippen LogP contribution in [0.4, 0.5) is 0 Å². The van der Waals surface area contributed by atoms with Gasteiger partial charge in [-0.3, -0.25) is 0 Å². The second kappa shape index (κ2) is 4.24. The van der Waals surface area contributed by atoms with Crippen LogP contribution in [-0.2, 0) is 0 Å². The zero-order valence-corrected chi connectivity index (χ0v) is 8.40. The molecule has 2 nitrogen and oxygen atoms in total. The minimum Gasteiger partial charge on any atom is -0.329 e. The SMILES string of the molecule is CCC(C)(CN)NC1CCCC1. The predicted octanol–water partition coefficient (Wildman–Crippen LogP) is 1.65. The molecule has 0 spiro atoms. The average Bonchev–Trinajstić information content (AvgIpc) is 2.57. The molecule has 0 aromatic rings. The predicted molar refractivity (Wildman–Crippen MR) is 53.1 cm³/mol. The minimum absolute atomic E-state index is 0.176. The lowest BCUT2D eigenvalue weighted by Gasteiger charge is -2.31. The maximum atomic E-state index is 5.73. The lowest BCUT2D eigenvalue weighted by Crippen LogP contribution is -2.51. The van der Waals surface area contributed by atoms with Crippen LogP contribution in [0, 0.1) is 0 Å². The zero-order valence-electron chi connectivity index (χ0n) is 8.40. The number of nitrogens with two attached hydrogens (primary N) is 1. The summed E-state index contributed by atoms with van der Waals surface area (Å²) in [5.41, 5.74) is 5.91. The van der Waals surface area contributed by atoms with E-state index in [0.717, 1.165) is 19.0 Å². The lowest BCUT2D eigenvalue weighted by atomic mass is 9.97. The third-order valence-electron chi connectivity index (χ3n) is 3.14. The van der Waals surface area contributed by atoms with Gasteiger partial charge in [-0.2, -0.15) is 0 Å². The Morgan fingerprint density at radius 3 is 2.42 bits per heavy atom. The fourth-order valence-electron chi connectivity index (χ4n) is 1.87. The Morgan fingerprint density at radius 2 is 2.00 bits per heavy atom. The van der Waals surface area contributed by atoms with E-state index in [2.05, 4.69) is 19.2 Å². The van der Waals surface area contributed by atoms with E-state index in [9.17, 15) is 0 Å². The van der Waals surface area contributed by atoms with Crippen molar-refractivity contribution in [3.8, 4) is 0 Å². The molecule has 1 atom stereocenters. The highest BCUT2D eigenvalue weighted by Gasteiger charge is 2.25. The molecule has 0 aliphatic heterocycles. The highest BCUT2D eigenvalue weighted by atomic mass is 15.0. The van der Waals surface area contributed by atoms with Crippen LogP contribution in [0.5, 0.6) is 0 Å². The Balaban J connectivity index is 2.35. The molecule has 1 saturated carbocycles. The molecule has 1 unspecified atom stereocenters. The molecule has 72 valence electrons. The Morgan fingerprint density at radius 1 is 1.42 bits per heavy atom. The van der Waals surface area contributed by atoms with E-state index < -0.39 is 0 Å². The molecule has 1 fully saturated rings. The van der Waals surface area contributed by atoms with Gasteiger partial charge in [-0.1, -0.05) is 19.8 Å². The van der Waals surface area contributed by atoms with Crippen LogP contribution in [0.3, 0.4) is 0 Å². The standard InChI is InChI=1S/C10H22N2/c1-3-10(2,8-11)12-9-6-4-5-7-9/h9,12H,3-8,11H2,1-2H3. The van der Waals surface area contributed by atoms with Crippen LogP contribution < -0.4 is 11.1 Å². The third kappa shape index (κ3) is 2.46. The molecule has 0 heterocycles. The molecule has 1 rings (SSSR count). The maximum absolute atomic E-state index is 5.73. The molecular weight excluding hydrogens is 148 g/mol. The third-order valence-corrected chi connectivity index (χ3v) is 3.14. The van der Waals surface area contributed by atoms with Gasteiger partial charge >= 0.3 is 0 Å². The van der Waals surface area contributed by atoms with Crippen LogP contribution in [0.25, 0.3) is 0 Å². The molecule has 0 aromatic heterocycles. The van der Waals surface area contributed by atoms with E-state index in [1.807, 2.05) is 0 Å². The zero-order chi connectivity index (χ0) is 9.03. The largest absolute Gasteiger partial charge is 0.329 e. The van der Waals surface area contributed by atoms with Crippen molar-refractivity contribution >= 4 is 0 Å². The van der Waals surface area contributed by atoms with Gasteiger partial charge in [0.2, 0.25) is 0 Å². The van der Waals surface area contributed by atoms with E-state index >= 15 is 0 Å². The number of hydrogen-bond acceptors (Lipinski definition) is 2. The van der Waals surface area contributed by atoms with Crippen molar-refractivity contribution in [2.75, 3.05) is 6.54 Å². The van der Waals surface area contributed by atoms with Gasteiger partial charge in [-0.15, -0.1) is 0 Å². The van der Waals surface area contributed by atoms with Crippen LogP contribution in [0.1, 0.15) is 46.0 Å². The van der Waals surface area contributed by atoms with Crippen LogP contribution in [0.15, 0.2) is 0 Å². The van der Waals surface area contributed by atoms with Crippen LogP contribution in [0.2, 0.25) is 0 Å². The van der Waals surface area contributed by atoms with Gasteiger partial charge < -0.3 is 11.1 Å². The summed E-state index contributed by atoms with van der Waals surface area (Å²) in [6.45, 7) is 5.18. The number of hydrogen-bond donors (Lipinski definition) is 2. The van der Waals surface area contributed by atoms with Crippen molar-refractivity contribution in [3.63, 3.8) is 0 Å². The first-order valence-electron chi connectivity index (χ1n) is 5.18. The Hall–Kier alpha value is -0.0800. The van der Waals surface area contributed by atoms with Gasteiger partial charge in [0.25, 0.3) is 0 Å². The van der Waals surface area contributed by atoms with Crippen LogP contribution in [-0.4, -0.2) is 18.1 Å². The van der Waals surface area contributed by atoms with Crippen molar-refractivity contribution in [2.24, 2.45) is 5.73 Å². The topological polar surface area (TPSA) is 38.0 Å². The summed E-state index contributed by atoms with van der Waals surface area (Å²) in [6.07, 6.45) is 6.59. The summed E-state index contributed by atoms with van der Waals surface area (Å²) in [7, 11) is 0. The van der Waals surface area contributed by atoms with Gasteiger partial charge in [0.15, 0.2) is 0 Å². The van der Waals surface area contributed by atoms with Gasteiger partial charge in [0, 0.05) is 18.1 Å². The number of nitrogens with one attached hydrogen (secondary N) is 1. The summed E-state index contributed by atoms with van der Waals surface area (Å²) in [6, 6.07) is 0.735. The molecule has 2 heteroatoms. The average molecular weight is 170 g/mol. The number of rotatable bonds is 4. The molecule has 1 aliphatic carbocycles. The van der Waals surface area contributed by atoms with Crippen molar-refractivity contribution in [1.82, 2.24) is 5.32 Å². The fourth-order valence-corrected chi connectivity index (χ4v) is 1.87. The van der Waals surface area contributed by atoms with Gasteiger partial charge in [-0.05, 0) is 26.2 Å². The second-order valence-corrected chi connectivity index (χ2v) is 4.24. The summed E-state index contributed by atoms with van der Waals surface area (Å²) in [5, 5.41) is 3.67. The highest BCUT2D eigenvalue weighted by molar-refractivity contribution is 4.88. The molecule has 0 aromatic carbocycles. The van der Waals surface area contributed by atoms with Gasteiger partial charge in [0.05, 0.1) is 0 Å². The fraction of sp³-hybridized carbons (Fsp3) is 1.00. The summed E-state index contributed by atoms with van der Waals surface area (Å²) < 4.78 is 0. The second-order valence-electron chi connectivity index (χ2n) is 4.24. The van der Waals surface area contributed by atoms with Crippen molar-refractivity contribution < 1.29 is 0 Å². The van der Waals surface area contributed by atoms with Crippen molar-refractivity contribution in [2.45, 2.75) is 57.5 Å². The first kappa shape index (κ1) is 10.0. The minimum atomic E-state index is 0.176. The van der Waals surface area contributed by atoms with Crippen LogP contribution >= 0.6 is 0 Å². The first-order valence-corrected chi connectivity index (χ1v) is 5.18. The molecule has 0 saturated heterocycles. The quantitative estimate of drug-likeness (QED) is 0.673. The van der Waals surface area contributed by atoms with E-state index in [0.29, 0.717) is 0 Å². The maximum Gasteiger partial charge on any atom is 0.0275 e. The van der Waals surface area contributed by atoms with Gasteiger partial charge in [-0.25, -0.2) is 0 Å². The lowest BCUT2D eigenvalue weighted by molar-refractivity contribution is 0.307. The summed E-state index contributed by atoms with van der Waals surface area (Å²) in [4.78, 5) is 0. The Labute approximate surface area is 75.9 Å². The van der Waals surface area contributed by atoms with E-state index in [1.165, 1.54) is 25.7 Å². The molecule has 0 amide bonds. The Bertz CT molecular complexity index is 124. The summed E-state index contributed by atoms with van der Waals surface area (Å²) >= 11 is 0. The molecule has 1 aliphatic rings. The highest BCUT2D eigenvalue weighted by Crippen LogP contribution is 2.21. The smallest absolute Gasteiger partial charge is 0.0275 e. The monoisotopic (exact) mass is 170 g/mol. The molecule has 0 radical (unpaired) electrons. The van der Waals surface area contributed by atoms with E-state index in [-0.39, 0.29) is 5.54 Å². The molecular formula is C10H22N2. The Kier molecular flexibility index (Phi) is 3.53. The summed E-state index contributed by atoms with van der Waals surface area (Å²) in [5.74, 6) is 0. The van der Waals surface area contributed by atoms with E-state index in [1.54, 1.807) is 0 Å². The van der Waals surface area contributed by atoms with Gasteiger partial charge in [0.1, 0.15) is 0 Å². The van der Waals surface area contributed by atoms with E-state index in [4.69, 9.17) is 5.73 Å². The molecule has 0 bridgehead atoms. The normalized spacial score (nSPS) is 24.2. The first-order chi connectivity index (χ1) is 5.70. The molecule has 12 heavy (non-hydrogen) atoms. The van der Waals surface area contributed by atoms with Crippen molar-refractivity contribution in [3.05, 3.63) is 0 Å².